The lowest BCUT2D eigenvalue weighted by atomic mass is 10.1. The average Bonchev–Trinajstić information content (AvgIpc) is 2.78. The number of nitrogens with zero attached hydrogens (tertiary/aromatic N) is 1. The van der Waals surface area contributed by atoms with Crippen LogP contribution in [-0.4, -0.2) is 30.4 Å². The Hall–Kier alpha value is -3.60. The highest BCUT2D eigenvalue weighted by Crippen LogP contribution is 2.21. The predicted molar refractivity (Wildman–Crippen MR) is 123 cm³/mol. The lowest BCUT2D eigenvalue weighted by molar-refractivity contribution is 0.0784. The molecule has 3 aromatic carbocycles. The molecule has 0 aliphatic rings. The van der Waals surface area contributed by atoms with Gasteiger partial charge in [0.25, 0.3) is 11.8 Å². The average molecular weight is 417 g/mol. The van der Waals surface area contributed by atoms with E-state index in [1.54, 1.807) is 54.4 Å². The van der Waals surface area contributed by atoms with Crippen LogP contribution in [0.4, 0.5) is 5.69 Å². The topological polar surface area (TPSA) is 58.6 Å². The molecule has 3 rings (SSSR count). The normalized spacial score (nSPS) is 10.6. The molecule has 3 aromatic rings. The van der Waals surface area contributed by atoms with Gasteiger partial charge in [-0.3, -0.25) is 9.59 Å². The molecule has 5 heteroatoms. The Kier molecular flexibility index (Phi) is 7.44. The number of amides is 2. The van der Waals surface area contributed by atoms with Gasteiger partial charge in [-0.25, -0.2) is 0 Å². The molecule has 0 aliphatic carbocycles. The van der Waals surface area contributed by atoms with E-state index in [9.17, 15) is 9.59 Å². The van der Waals surface area contributed by atoms with Crippen molar-refractivity contribution in [2.24, 2.45) is 5.92 Å². The Morgan fingerprint density at radius 2 is 1.65 bits per heavy atom. The summed E-state index contributed by atoms with van der Waals surface area (Å²) >= 11 is 0. The number of nitrogens with one attached hydrogen (secondary N) is 1. The smallest absolute Gasteiger partial charge is 0.259 e. The molecule has 0 spiro atoms. The van der Waals surface area contributed by atoms with Gasteiger partial charge in [-0.2, -0.15) is 0 Å². The number of carbonyl (C=O) groups is 2. The fourth-order valence-electron chi connectivity index (χ4n) is 3.11. The third-order valence-corrected chi connectivity index (χ3v) is 4.68. The minimum absolute atomic E-state index is 0.111. The number of hydrogen-bond donors (Lipinski definition) is 1. The number of ether oxygens (including phenoxy) is 1. The van der Waals surface area contributed by atoms with Crippen molar-refractivity contribution in [1.29, 1.82) is 0 Å². The summed E-state index contributed by atoms with van der Waals surface area (Å²) in [7, 11) is 1.77. The minimum Gasteiger partial charge on any atom is -0.492 e. The molecule has 31 heavy (non-hydrogen) atoms. The molecule has 0 radical (unpaired) electrons. The summed E-state index contributed by atoms with van der Waals surface area (Å²) in [6.45, 7) is 5.15. The Labute approximate surface area is 183 Å². The van der Waals surface area contributed by atoms with Crippen LogP contribution >= 0.6 is 0 Å². The van der Waals surface area contributed by atoms with Crippen molar-refractivity contribution >= 4 is 17.5 Å². The summed E-state index contributed by atoms with van der Waals surface area (Å²) in [6.07, 6.45) is 0. The zero-order valence-corrected chi connectivity index (χ0v) is 18.2. The van der Waals surface area contributed by atoms with E-state index in [4.69, 9.17) is 4.74 Å². The van der Waals surface area contributed by atoms with Gasteiger partial charge in [-0.05, 0) is 41.8 Å². The van der Waals surface area contributed by atoms with Crippen molar-refractivity contribution in [2.45, 2.75) is 20.4 Å². The van der Waals surface area contributed by atoms with Gasteiger partial charge in [-0.15, -0.1) is 0 Å². The van der Waals surface area contributed by atoms with E-state index in [1.165, 1.54) is 0 Å². The largest absolute Gasteiger partial charge is 0.492 e. The standard InChI is InChI=1S/C26H28N2O3/c1-19(2)18-31-24-15-8-7-14-23(24)25(29)27-22-13-9-12-21(16-22)26(30)28(3)17-20-10-5-4-6-11-20/h4-16,19H,17-18H2,1-3H3,(H,27,29). The van der Waals surface area contributed by atoms with Crippen LogP contribution in [0.1, 0.15) is 40.1 Å². The lowest BCUT2D eigenvalue weighted by Gasteiger charge is -2.18. The first kappa shape index (κ1) is 22.1. The molecule has 0 fully saturated rings. The Bertz CT molecular complexity index is 1030. The first-order chi connectivity index (χ1) is 14.9. The maximum absolute atomic E-state index is 12.9. The zero-order chi connectivity index (χ0) is 22.2. The number of rotatable bonds is 8. The first-order valence-corrected chi connectivity index (χ1v) is 10.4. The van der Waals surface area contributed by atoms with E-state index in [0.29, 0.717) is 41.6 Å². The maximum atomic E-state index is 12.9. The molecule has 0 aromatic heterocycles. The van der Waals surface area contributed by atoms with Crippen LogP contribution < -0.4 is 10.1 Å². The molecule has 0 saturated carbocycles. The molecular formula is C26H28N2O3. The molecule has 0 aliphatic heterocycles. The lowest BCUT2D eigenvalue weighted by Crippen LogP contribution is -2.26. The monoisotopic (exact) mass is 416 g/mol. The van der Waals surface area contributed by atoms with Gasteiger partial charge in [0.15, 0.2) is 0 Å². The van der Waals surface area contributed by atoms with E-state index >= 15 is 0 Å². The van der Waals surface area contributed by atoms with Gasteiger partial charge in [0.2, 0.25) is 0 Å². The third-order valence-electron chi connectivity index (χ3n) is 4.68. The van der Waals surface area contributed by atoms with Crippen molar-refractivity contribution < 1.29 is 14.3 Å². The second kappa shape index (κ2) is 10.4. The predicted octanol–water partition coefficient (Wildman–Crippen LogP) is 5.25. The molecule has 0 atom stereocenters. The molecule has 160 valence electrons. The number of carbonyl (C=O) groups excluding carboxylic acids is 2. The summed E-state index contributed by atoms with van der Waals surface area (Å²) in [5, 5.41) is 2.88. The van der Waals surface area contributed by atoms with Crippen LogP contribution in [0.25, 0.3) is 0 Å². The number of benzene rings is 3. The zero-order valence-electron chi connectivity index (χ0n) is 18.2. The number of hydrogen-bond acceptors (Lipinski definition) is 3. The second-order valence-corrected chi connectivity index (χ2v) is 7.88. The Balaban J connectivity index is 1.71. The SMILES string of the molecule is CC(C)COc1ccccc1C(=O)Nc1cccc(C(=O)N(C)Cc2ccccc2)c1. The first-order valence-electron chi connectivity index (χ1n) is 10.4. The van der Waals surface area contributed by atoms with Crippen LogP contribution in [0.15, 0.2) is 78.9 Å². The van der Waals surface area contributed by atoms with E-state index in [-0.39, 0.29) is 11.8 Å². The fraction of sp³-hybridized carbons (Fsp3) is 0.231. The summed E-state index contributed by atoms with van der Waals surface area (Å²) in [6, 6.07) is 24.0. The van der Waals surface area contributed by atoms with Crippen LogP contribution in [-0.2, 0) is 6.54 Å². The van der Waals surface area contributed by atoms with E-state index in [0.717, 1.165) is 5.56 Å². The highest BCUT2D eigenvalue weighted by Gasteiger charge is 2.16. The van der Waals surface area contributed by atoms with Crippen molar-refractivity contribution in [3.63, 3.8) is 0 Å². The highest BCUT2D eigenvalue weighted by atomic mass is 16.5. The Morgan fingerprint density at radius 1 is 0.935 bits per heavy atom. The molecule has 1 N–H and O–H groups in total. The van der Waals surface area contributed by atoms with Crippen LogP contribution in [0.3, 0.4) is 0 Å². The second-order valence-electron chi connectivity index (χ2n) is 7.88. The van der Waals surface area contributed by atoms with Gasteiger partial charge >= 0.3 is 0 Å². The number of para-hydroxylation sites is 1. The van der Waals surface area contributed by atoms with Crippen molar-refractivity contribution in [1.82, 2.24) is 4.90 Å². The Morgan fingerprint density at radius 3 is 2.39 bits per heavy atom. The number of anilines is 1. The van der Waals surface area contributed by atoms with Crippen molar-refractivity contribution in [3.8, 4) is 5.75 Å². The van der Waals surface area contributed by atoms with Gasteiger partial charge < -0.3 is 15.0 Å². The fourth-order valence-corrected chi connectivity index (χ4v) is 3.11. The van der Waals surface area contributed by atoms with Crippen molar-refractivity contribution in [3.05, 3.63) is 95.6 Å². The summed E-state index contributed by atoms with van der Waals surface area (Å²) in [5.74, 6) is 0.512. The van der Waals surface area contributed by atoms with Gasteiger partial charge in [0.05, 0.1) is 12.2 Å². The summed E-state index contributed by atoms with van der Waals surface area (Å²) in [5.41, 5.74) is 2.59. The molecule has 0 bridgehead atoms. The van der Waals surface area contributed by atoms with Gasteiger partial charge in [0, 0.05) is 24.8 Å². The summed E-state index contributed by atoms with van der Waals surface area (Å²) < 4.78 is 5.79. The molecule has 0 saturated heterocycles. The van der Waals surface area contributed by atoms with Crippen LogP contribution in [0.5, 0.6) is 5.75 Å². The van der Waals surface area contributed by atoms with Gasteiger partial charge in [0.1, 0.15) is 5.75 Å². The quantitative estimate of drug-likeness (QED) is 0.546. The van der Waals surface area contributed by atoms with E-state index in [1.807, 2.05) is 36.4 Å². The van der Waals surface area contributed by atoms with E-state index in [2.05, 4.69) is 19.2 Å². The van der Waals surface area contributed by atoms with E-state index < -0.39 is 0 Å². The molecular weight excluding hydrogens is 388 g/mol. The van der Waals surface area contributed by atoms with Crippen LogP contribution in [0.2, 0.25) is 0 Å². The minimum atomic E-state index is -0.276. The van der Waals surface area contributed by atoms with Gasteiger partial charge in [-0.1, -0.05) is 62.4 Å². The summed E-state index contributed by atoms with van der Waals surface area (Å²) in [4.78, 5) is 27.4. The third kappa shape index (κ3) is 6.19. The van der Waals surface area contributed by atoms with Crippen molar-refractivity contribution in [2.75, 3.05) is 19.0 Å². The molecule has 0 unspecified atom stereocenters. The highest BCUT2D eigenvalue weighted by molar-refractivity contribution is 6.06. The molecule has 2 amide bonds. The maximum Gasteiger partial charge on any atom is 0.259 e. The molecule has 0 heterocycles. The molecule has 5 nitrogen and oxygen atoms in total. The van der Waals surface area contributed by atoms with Crippen LogP contribution in [0, 0.1) is 5.92 Å².